The maximum Gasteiger partial charge on any atom is 0.337 e. The van der Waals surface area contributed by atoms with Crippen molar-refractivity contribution < 1.29 is 23.5 Å². The quantitative estimate of drug-likeness (QED) is 0.709. The van der Waals surface area contributed by atoms with Crippen molar-refractivity contribution >= 4 is 46.1 Å². The summed E-state index contributed by atoms with van der Waals surface area (Å²) in [5.41, 5.74) is 1.44. The molecule has 1 unspecified atom stereocenters. The van der Waals surface area contributed by atoms with Crippen molar-refractivity contribution in [2.75, 3.05) is 19.0 Å². The number of esters is 1. The van der Waals surface area contributed by atoms with Crippen molar-refractivity contribution in [3.8, 4) is 0 Å². The maximum atomic E-state index is 13.0. The molecule has 2 aromatic carbocycles. The van der Waals surface area contributed by atoms with Crippen LogP contribution in [0.3, 0.4) is 0 Å². The second-order valence-electron chi connectivity index (χ2n) is 6.38. The number of thioether (sulfide) groups is 1. The summed E-state index contributed by atoms with van der Waals surface area (Å²) in [4.78, 5) is 42.6. The first-order valence-corrected chi connectivity index (χ1v) is 10.1. The van der Waals surface area contributed by atoms with Gasteiger partial charge in [-0.25, -0.2) is 14.2 Å². The molecule has 1 atom stereocenters. The van der Waals surface area contributed by atoms with Crippen LogP contribution in [0.1, 0.15) is 23.7 Å². The number of methoxy groups -OCH3 is 1. The first-order valence-electron chi connectivity index (χ1n) is 9.21. The second-order valence-corrected chi connectivity index (χ2v) is 7.55. The lowest BCUT2D eigenvalue weighted by Gasteiger charge is -2.13. The number of amides is 2. The topological polar surface area (TPSA) is 88.1 Å². The van der Waals surface area contributed by atoms with Crippen molar-refractivity contribution in [1.29, 1.82) is 0 Å². The number of carbonyl (C=O) groups excluding carboxylic acids is 3. The van der Waals surface area contributed by atoms with Gasteiger partial charge in [-0.3, -0.25) is 14.5 Å². The molecule has 30 heavy (non-hydrogen) atoms. The lowest BCUT2D eigenvalue weighted by atomic mass is 10.2. The van der Waals surface area contributed by atoms with Crippen LogP contribution < -0.4 is 5.32 Å². The molecule has 0 aliphatic carbocycles. The molecule has 1 N–H and O–H groups in total. The number of hydrogen-bond donors (Lipinski definition) is 1. The predicted molar refractivity (Wildman–Crippen MR) is 113 cm³/mol. The Hall–Kier alpha value is -3.20. The van der Waals surface area contributed by atoms with Crippen molar-refractivity contribution in [3.05, 3.63) is 59.9 Å². The molecule has 3 rings (SSSR count). The van der Waals surface area contributed by atoms with Crippen LogP contribution in [0.2, 0.25) is 0 Å². The monoisotopic (exact) mass is 429 g/mol. The van der Waals surface area contributed by atoms with Crippen LogP contribution in [-0.4, -0.2) is 46.8 Å². The van der Waals surface area contributed by atoms with Gasteiger partial charge in [0.05, 0.1) is 18.4 Å². The molecule has 2 aromatic rings. The smallest absolute Gasteiger partial charge is 0.337 e. The van der Waals surface area contributed by atoms with E-state index in [2.05, 4.69) is 15.0 Å². The molecule has 1 aliphatic heterocycles. The number of nitrogens with one attached hydrogen (secondary N) is 1. The van der Waals surface area contributed by atoms with Crippen LogP contribution in [-0.2, 0) is 14.3 Å². The van der Waals surface area contributed by atoms with Crippen molar-refractivity contribution in [2.24, 2.45) is 4.99 Å². The van der Waals surface area contributed by atoms with E-state index >= 15 is 0 Å². The van der Waals surface area contributed by atoms with E-state index in [1.54, 1.807) is 24.3 Å². The predicted octanol–water partition coefficient (Wildman–Crippen LogP) is 3.59. The third-order valence-corrected chi connectivity index (χ3v) is 5.52. The van der Waals surface area contributed by atoms with Crippen LogP contribution in [0.5, 0.6) is 0 Å². The van der Waals surface area contributed by atoms with Gasteiger partial charge in [-0.1, -0.05) is 11.8 Å². The summed E-state index contributed by atoms with van der Waals surface area (Å²) in [6, 6.07) is 11.9. The zero-order valence-electron chi connectivity index (χ0n) is 16.4. The molecule has 1 aliphatic rings. The number of anilines is 1. The average Bonchev–Trinajstić information content (AvgIpc) is 3.03. The van der Waals surface area contributed by atoms with Gasteiger partial charge in [0.1, 0.15) is 11.1 Å². The van der Waals surface area contributed by atoms with Gasteiger partial charge in [0.25, 0.3) is 0 Å². The first-order chi connectivity index (χ1) is 14.4. The summed E-state index contributed by atoms with van der Waals surface area (Å²) in [5, 5.41) is 2.56. The number of hydrogen-bond acceptors (Lipinski definition) is 6. The minimum Gasteiger partial charge on any atom is -0.465 e. The van der Waals surface area contributed by atoms with E-state index in [9.17, 15) is 18.8 Å². The van der Waals surface area contributed by atoms with Crippen LogP contribution in [0, 0.1) is 5.82 Å². The Kier molecular flexibility index (Phi) is 6.83. The lowest BCUT2D eigenvalue weighted by Crippen LogP contribution is -2.33. The molecule has 1 fully saturated rings. The van der Waals surface area contributed by atoms with E-state index in [4.69, 9.17) is 0 Å². The Morgan fingerprint density at radius 3 is 2.43 bits per heavy atom. The van der Waals surface area contributed by atoms with Crippen molar-refractivity contribution in [2.45, 2.75) is 18.6 Å². The molecular weight excluding hydrogens is 409 g/mol. The van der Waals surface area contributed by atoms with Gasteiger partial charge in [-0.05, 0) is 55.5 Å². The molecule has 0 saturated carbocycles. The van der Waals surface area contributed by atoms with E-state index in [1.165, 1.54) is 48.0 Å². The summed E-state index contributed by atoms with van der Waals surface area (Å²) in [5.74, 6) is -1.37. The number of rotatable bonds is 6. The Morgan fingerprint density at radius 2 is 1.83 bits per heavy atom. The van der Waals surface area contributed by atoms with Crippen LogP contribution in [0.15, 0.2) is 53.5 Å². The number of amidine groups is 1. The molecule has 0 bridgehead atoms. The Bertz CT molecular complexity index is 977. The fraction of sp³-hybridized carbons (Fsp3) is 0.238. The molecular formula is C21H20FN3O4S. The van der Waals surface area contributed by atoms with E-state index < -0.39 is 17.0 Å². The van der Waals surface area contributed by atoms with Gasteiger partial charge in [0.2, 0.25) is 11.8 Å². The number of nitrogens with zero attached hydrogens (tertiary/aromatic N) is 2. The largest absolute Gasteiger partial charge is 0.465 e. The highest BCUT2D eigenvalue weighted by Gasteiger charge is 2.38. The zero-order valence-corrected chi connectivity index (χ0v) is 17.2. The fourth-order valence-electron chi connectivity index (χ4n) is 2.83. The summed E-state index contributed by atoms with van der Waals surface area (Å²) in [7, 11) is 1.31. The number of benzene rings is 2. The summed E-state index contributed by atoms with van der Waals surface area (Å²) in [6.07, 6.45) is -0.0301. The second kappa shape index (κ2) is 9.53. The van der Waals surface area contributed by atoms with Gasteiger partial charge >= 0.3 is 5.97 Å². The minimum atomic E-state index is -0.599. The van der Waals surface area contributed by atoms with Gasteiger partial charge in [-0.2, -0.15) is 0 Å². The highest BCUT2D eigenvalue weighted by Crippen LogP contribution is 2.31. The van der Waals surface area contributed by atoms with E-state index in [0.29, 0.717) is 28.7 Å². The van der Waals surface area contributed by atoms with Crippen LogP contribution in [0.4, 0.5) is 15.8 Å². The minimum absolute atomic E-state index is 0.0301. The van der Waals surface area contributed by atoms with Crippen LogP contribution in [0.25, 0.3) is 0 Å². The fourth-order valence-corrected chi connectivity index (χ4v) is 4.05. The maximum absolute atomic E-state index is 13.0. The van der Waals surface area contributed by atoms with Gasteiger partial charge < -0.3 is 10.1 Å². The molecule has 2 amide bonds. The highest BCUT2D eigenvalue weighted by atomic mass is 32.2. The zero-order chi connectivity index (χ0) is 21.7. The summed E-state index contributed by atoms with van der Waals surface area (Å²) in [6.45, 7) is 2.25. The van der Waals surface area contributed by atoms with E-state index in [-0.39, 0.29) is 18.2 Å². The van der Waals surface area contributed by atoms with Gasteiger partial charge in [-0.15, -0.1) is 0 Å². The number of carbonyl (C=O) groups is 3. The lowest BCUT2D eigenvalue weighted by molar-refractivity contribution is -0.128. The van der Waals surface area contributed by atoms with E-state index in [1.807, 2.05) is 6.92 Å². The average molecular weight is 429 g/mol. The Morgan fingerprint density at radius 1 is 1.17 bits per heavy atom. The van der Waals surface area contributed by atoms with Crippen molar-refractivity contribution in [3.63, 3.8) is 0 Å². The summed E-state index contributed by atoms with van der Waals surface area (Å²) >= 11 is 1.22. The first kappa shape index (κ1) is 21.5. The summed E-state index contributed by atoms with van der Waals surface area (Å²) < 4.78 is 17.7. The third-order valence-electron chi connectivity index (χ3n) is 4.35. The van der Waals surface area contributed by atoms with Gasteiger partial charge in [0, 0.05) is 18.7 Å². The molecule has 0 spiro atoms. The number of aliphatic imine (C=N–C) groups is 1. The standard InChI is InChI=1S/C21H20FN3O4S/c1-3-25-19(27)17(12-18(26)23-15-10-6-14(22)7-11-15)30-21(25)24-16-8-4-13(5-9-16)20(28)29-2/h4-11,17H,3,12H2,1-2H3,(H,23,26). The molecule has 9 heteroatoms. The molecule has 0 aromatic heterocycles. The van der Waals surface area contributed by atoms with Crippen LogP contribution >= 0.6 is 11.8 Å². The number of ether oxygens (including phenoxy) is 1. The normalized spacial score (nSPS) is 17.3. The third kappa shape index (κ3) is 5.04. The molecule has 1 saturated heterocycles. The molecule has 0 radical (unpaired) electrons. The van der Waals surface area contributed by atoms with Crippen molar-refractivity contribution in [1.82, 2.24) is 4.90 Å². The Labute approximate surface area is 177 Å². The van der Waals surface area contributed by atoms with E-state index in [0.717, 1.165) is 0 Å². The molecule has 156 valence electrons. The number of halogens is 1. The van der Waals surface area contributed by atoms with Gasteiger partial charge in [0.15, 0.2) is 5.17 Å². The molecule has 7 nitrogen and oxygen atoms in total. The Balaban J connectivity index is 1.69. The SMILES string of the molecule is CCN1C(=O)C(CC(=O)Nc2ccc(F)cc2)SC1=Nc1ccc(C(=O)OC)cc1. The molecule has 1 heterocycles. The highest BCUT2D eigenvalue weighted by molar-refractivity contribution is 8.15.